The Bertz CT molecular complexity index is 1000. The molecular formula is C20H15F2N3O3. The van der Waals surface area contributed by atoms with Gasteiger partial charge in [-0.25, -0.2) is 18.6 Å². The molecule has 0 aliphatic carbocycles. The molecule has 8 heteroatoms. The van der Waals surface area contributed by atoms with E-state index in [1.54, 1.807) is 18.2 Å². The van der Waals surface area contributed by atoms with Crippen LogP contribution in [-0.4, -0.2) is 24.0 Å². The Labute approximate surface area is 159 Å². The normalized spacial score (nSPS) is 10.2. The molecule has 1 amide bonds. The SMILES string of the molecule is COC(=O)c1ccccc1NC(=O)c1ccc(Nc2c(F)cccc2F)cn1. The Hall–Kier alpha value is -3.81. The summed E-state index contributed by atoms with van der Waals surface area (Å²) < 4.78 is 32.1. The fourth-order valence-corrected chi connectivity index (χ4v) is 2.43. The number of ether oxygens (including phenoxy) is 1. The van der Waals surface area contributed by atoms with Gasteiger partial charge in [0, 0.05) is 0 Å². The maximum absolute atomic E-state index is 13.7. The van der Waals surface area contributed by atoms with Gasteiger partial charge in [0.1, 0.15) is 23.0 Å². The van der Waals surface area contributed by atoms with Crippen LogP contribution in [-0.2, 0) is 4.74 Å². The molecule has 0 fully saturated rings. The van der Waals surface area contributed by atoms with Crippen molar-refractivity contribution in [3.05, 3.63) is 83.7 Å². The van der Waals surface area contributed by atoms with Gasteiger partial charge in [-0.05, 0) is 36.4 Å². The monoisotopic (exact) mass is 383 g/mol. The summed E-state index contributed by atoms with van der Waals surface area (Å²) in [6.07, 6.45) is 1.27. The van der Waals surface area contributed by atoms with Crippen LogP contribution < -0.4 is 10.6 Å². The highest BCUT2D eigenvalue weighted by Crippen LogP contribution is 2.23. The molecule has 3 rings (SSSR count). The van der Waals surface area contributed by atoms with E-state index in [1.165, 1.54) is 37.6 Å². The minimum Gasteiger partial charge on any atom is -0.465 e. The first-order valence-corrected chi connectivity index (χ1v) is 8.15. The molecule has 2 N–H and O–H groups in total. The highest BCUT2D eigenvalue weighted by molar-refractivity contribution is 6.07. The van der Waals surface area contributed by atoms with E-state index < -0.39 is 23.5 Å². The lowest BCUT2D eigenvalue weighted by atomic mass is 10.1. The molecule has 0 unspecified atom stereocenters. The van der Waals surface area contributed by atoms with Crippen molar-refractivity contribution in [3.8, 4) is 0 Å². The fraction of sp³-hybridized carbons (Fsp3) is 0.0500. The number of carbonyl (C=O) groups is 2. The molecule has 0 spiro atoms. The van der Waals surface area contributed by atoms with E-state index in [9.17, 15) is 18.4 Å². The summed E-state index contributed by atoms with van der Waals surface area (Å²) in [7, 11) is 1.24. The number of para-hydroxylation sites is 2. The van der Waals surface area contributed by atoms with Crippen molar-refractivity contribution < 1.29 is 23.1 Å². The Kier molecular flexibility index (Phi) is 5.59. The average molecular weight is 383 g/mol. The number of nitrogens with one attached hydrogen (secondary N) is 2. The number of hydrogen-bond donors (Lipinski definition) is 2. The number of esters is 1. The van der Waals surface area contributed by atoms with Crippen molar-refractivity contribution in [3.63, 3.8) is 0 Å². The first-order chi connectivity index (χ1) is 13.5. The number of amides is 1. The van der Waals surface area contributed by atoms with E-state index in [2.05, 4.69) is 20.4 Å². The minimum atomic E-state index is -0.749. The van der Waals surface area contributed by atoms with Crippen molar-refractivity contribution >= 4 is 28.9 Å². The smallest absolute Gasteiger partial charge is 0.339 e. The van der Waals surface area contributed by atoms with Crippen LogP contribution in [0.2, 0.25) is 0 Å². The van der Waals surface area contributed by atoms with Crippen molar-refractivity contribution in [2.24, 2.45) is 0 Å². The Balaban J connectivity index is 1.75. The average Bonchev–Trinajstić information content (AvgIpc) is 2.71. The first kappa shape index (κ1) is 19.0. The molecule has 0 saturated carbocycles. The van der Waals surface area contributed by atoms with Gasteiger partial charge in [0.05, 0.1) is 30.2 Å². The number of halogens is 2. The molecule has 0 aliphatic heterocycles. The van der Waals surface area contributed by atoms with Crippen LogP contribution in [0.1, 0.15) is 20.8 Å². The molecule has 142 valence electrons. The standard InChI is InChI=1S/C20H15F2N3O3/c1-28-20(27)13-5-2-3-8-16(13)25-19(26)17-10-9-12(11-23-17)24-18-14(21)6-4-7-15(18)22/h2-11,24H,1H3,(H,25,26). The molecule has 2 aromatic carbocycles. The highest BCUT2D eigenvalue weighted by atomic mass is 19.1. The number of pyridine rings is 1. The summed E-state index contributed by atoms with van der Waals surface area (Å²) in [4.78, 5) is 28.1. The number of anilines is 3. The molecule has 1 aromatic heterocycles. The Morgan fingerprint density at radius 3 is 2.32 bits per heavy atom. The summed E-state index contributed by atoms with van der Waals surface area (Å²) in [5.74, 6) is -2.64. The third-order valence-corrected chi connectivity index (χ3v) is 3.81. The van der Waals surface area contributed by atoms with Crippen LogP contribution in [0, 0.1) is 11.6 Å². The van der Waals surface area contributed by atoms with Crippen molar-refractivity contribution in [2.45, 2.75) is 0 Å². The number of aromatic nitrogens is 1. The van der Waals surface area contributed by atoms with E-state index in [-0.39, 0.29) is 22.6 Å². The number of benzene rings is 2. The van der Waals surface area contributed by atoms with Crippen molar-refractivity contribution in [1.82, 2.24) is 4.98 Å². The predicted molar refractivity (Wildman–Crippen MR) is 99.6 cm³/mol. The minimum absolute atomic E-state index is 0.0548. The van der Waals surface area contributed by atoms with Gasteiger partial charge in [-0.3, -0.25) is 4.79 Å². The molecule has 3 aromatic rings. The lowest BCUT2D eigenvalue weighted by Crippen LogP contribution is -2.16. The van der Waals surface area contributed by atoms with Crippen LogP contribution >= 0.6 is 0 Å². The zero-order valence-electron chi connectivity index (χ0n) is 14.7. The van der Waals surface area contributed by atoms with Crippen LogP contribution in [0.15, 0.2) is 60.8 Å². The molecule has 0 radical (unpaired) electrons. The molecule has 0 aliphatic rings. The third-order valence-electron chi connectivity index (χ3n) is 3.81. The Morgan fingerprint density at radius 2 is 1.68 bits per heavy atom. The Morgan fingerprint density at radius 1 is 0.964 bits per heavy atom. The zero-order valence-corrected chi connectivity index (χ0v) is 14.7. The van der Waals surface area contributed by atoms with Gasteiger partial charge in [0.25, 0.3) is 5.91 Å². The zero-order chi connectivity index (χ0) is 20.1. The van der Waals surface area contributed by atoms with Gasteiger partial charge in [-0.15, -0.1) is 0 Å². The number of methoxy groups -OCH3 is 1. The van der Waals surface area contributed by atoms with Gasteiger partial charge in [-0.2, -0.15) is 0 Å². The lowest BCUT2D eigenvalue weighted by molar-refractivity contribution is 0.0602. The topological polar surface area (TPSA) is 80.3 Å². The number of carbonyl (C=O) groups excluding carboxylic acids is 2. The van der Waals surface area contributed by atoms with E-state index in [1.807, 2.05) is 0 Å². The van der Waals surface area contributed by atoms with Gasteiger partial charge in [-0.1, -0.05) is 18.2 Å². The largest absolute Gasteiger partial charge is 0.465 e. The molecular weight excluding hydrogens is 368 g/mol. The maximum Gasteiger partial charge on any atom is 0.339 e. The molecule has 1 heterocycles. The summed E-state index contributed by atoms with van der Waals surface area (Å²) >= 11 is 0. The second kappa shape index (κ2) is 8.26. The van der Waals surface area contributed by atoms with Crippen LogP contribution in [0.3, 0.4) is 0 Å². The second-order valence-corrected chi connectivity index (χ2v) is 5.65. The molecule has 6 nitrogen and oxygen atoms in total. The number of nitrogens with zero attached hydrogens (tertiary/aromatic N) is 1. The van der Waals surface area contributed by atoms with E-state index in [4.69, 9.17) is 0 Å². The maximum atomic E-state index is 13.7. The number of rotatable bonds is 5. The molecule has 0 saturated heterocycles. The summed E-state index contributed by atoms with van der Waals surface area (Å²) in [6, 6.07) is 12.7. The van der Waals surface area contributed by atoms with Gasteiger partial charge in [0.15, 0.2) is 0 Å². The highest BCUT2D eigenvalue weighted by Gasteiger charge is 2.15. The molecule has 0 atom stereocenters. The third kappa shape index (κ3) is 4.12. The van der Waals surface area contributed by atoms with Crippen LogP contribution in [0.25, 0.3) is 0 Å². The second-order valence-electron chi connectivity index (χ2n) is 5.65. The molecule has 0 bridgehead atoms. The lowest BCUT2D eigenvalue weighted by Gasteiger charge is -2.10. The van der Waals surface area contributed by atoms with Gasteiger partial charge in [0.2, 0.25) is 0 Å². The van der Waals surface area contributed by atoms with E-state index in [0.717, 1.165) is 12.1 Å². The summed E-state index contributed by atoms with van der Waals surface area (Å²) in [5.41, 5.74) is 0.520. The van der Waals surface area contributed by atoms with Crippen molar-refractivity contribution in [1.29, 1.82) is 0 Å². The molecule has 28 heavy (non-hydrogen) atoms. The van der Waals surface area contributed by atoms with E-state index >= 15 is 0 Å². The fourth-order valence-electron chi connectivity index (χ4n) is 2.43. The quantitative estimate of drug-likeness (QED) is 0.647. The summed E-state index contributed by atoms with van der Waals surface area (Å²) in [5, 5.41) is 5.17. The predicted octanol–water partition coefficient (Wildman–Crippen LogP) is 4.14. The number of hydrogen-bond acceptors (Lipinski definition) is 5. The van der Waals surface area contributed by atoms with E-state index in [0.29, 0.717) is 5.69 Å². The van der Waals surface area contributed by atoms with Gasteiger partial charge >= 0.3 is 5.97 Å². The first-order valence-electron chi connectivity index (χ1n) is 8.15. The van der Waals surface area contributed by atoms with Crippen LogP contribution in [0.4, 0.5) is 25.8 Å². The van der Waals surface area contributed by atoms with Gasteiger partial charge < -0.3 is 15.4 Å². The van der Waals surface area contributed by atoms with Crippen LogP contribution in [0.5, 0.6) is 0 Å². The summed E-state index contributed by atoms with van der Waals surface area (Å²) in [6.45, 7) is 0. The van der Waals surface area contributed by atoms with Crippen molar-refractivity contribution in [2.75, 3.05) is 17.7 Å².